The molecule has 1 aromatic heterocycles. The lowest BCUT2D eigenvalue weighted by atomic mass is 10.1. The number of nitrogens with one attached hydrogen (secondary N) is 1. The summed E-state index contributed by atoms with van der Waals surface area (Å²) >= 11 is 4.96. The zero-order chi connectivity index (χ0) is 20.3. The third kappa shape index (κ3) is 4.80. The molecule has 0 unspecified atom stereocenters. The number of amides is 1. The number of carbonyl (C=O) groups excluding carboxylic acids is 1. The molecule has 0 spiro atoms. The Bertz CT molecular complexity index is 997. The van der Waals surface area contributed by atoms with Crippen molar-refractivity contribution in [3.63, 3.8) is 0 Å². The van der Waals surface area contributed by atoms with E-state index in [-0.39, 0.29) is 12.5 Å². The fraction of sp³-hybridized carbons (Fsp3) is 0.273. The molecule has 0 saturated heterocycles. The van der Waals surface area contributed by atoms with Crippen molar-refractivity contribution in [2.75, 3.05) is 11.9 Å². The van der Waals surface area contributed by atoms with Crippen LogP contribution in [0.5, 0.6) is 5.75 Å². The summed E-state index contributed by atoms with van der Waals surface area (Å²) in [5.74, 6) is 0.536. The van der Waals surface area contributed by atoms with Gasteiger partial charge < -0.3 is 4.74 Å². The van der Waals surface area contributed by atoms with E-state index in [1.165, 1.54) is 11.3 Å². The normalized spacial score (nSPS) is 10.8. The molecule has 0 bridgehead atoms. The van der Waals surface area contributed by atoms with Crippen LogP contribution in [0, 0.1) is 20.8 Å². The smallest absolute Gasteiger partial charge is 0.264 e. The van der Waals surface area contributed by atoms with Gasteiger partial charge in [-0.1, -0.05) is 41.1 Å². The number of aromatic nitrogens is 1. The summed E-state index contributed by atoms with van der Waals surface area (Å²) in [5.41, 5.74) is 5.28. The van der Waals surface area contributed by atoms with Crippen molar-refractivity contribution in [1.82, 2.24) is 4.98 Å². The first kappa shape index (κ1) is 20.6. The molecule has 3 aromatic rings. The molecule has 0 radical (unpaired) electrons. The number of aryl methyl sites for hydroxylation is 3. The third-order valence-electron chi connectivity index (χ3n) is 4.51. The van der Waals surface area contributed by atoms with Gasteiger partial charge in [0.2, 0.25) is 0 Å². The second kappa shape index (κ2) is 8.88. The monoisotopic (exact) mass is 458 g/mol. The molecule has 2 aromatic carbocycles. The average Bonchev–Trinajstić information content (AvgIpc) is 3.06. The van der Waals surface area contributed by atoms with Crippen LogP contribution in [0.25, 0.3) is 11.3 Å². The number of carbonyl (C=O) groups is 1. The minimum Gasteiger partial charge on any atom is -0.483 e. The van der Waals surface area contributed by atoms with E-state index < -0.39 is 0 Å². The molecule has 3 rings (SSSR count). The summed E-state index contributed by atoms with van der Waals surface area (Å²) in [5, 5.41) is 3.47. The molecular weight excluding hydrogens is 436 g/mol. The van der Waals surface area contributed by atoms with Gasteiger partial charge in [0.25, 0.3) is 5.91 Å². The Balaban J connectivity index is 1.70. The predicted octanol–water partition coefficient (Wildman–Crippen LogP) is 6.08. The lowest BCUT2D eigenvalue weighted by molar-refractivity contribution is -0.118. The minimum atomic E-state index is -0.211. The number of anilines is 1. The quantitative estimate of drug-likeness (QED) is 0.486. The highest BCUT2D eigenvalue weighted by atomic mass is 79.9. The lowest BCUT2D eigenvalue weighted by Gasteiger charge is -2.11. The number of thiazole rings is 1. The highest BCUT2D eigenvalue weighted by molar-refractivity contribution is 9.10. The first-order valence-electron chi connectivity index (χ1n) is 9.13. The van der Waals surface area contributed by atoms with E-state index in [2.05, 4.69) is 39.2 Å². The lowest BCUT2D eigenvalue weighted by Crippen LogP contribution is -2.20. The van der Waals surface area contributed by atoms with Crippen LogP contribution in [0.2, 0.25) is 0 Å². The number of hydrogen-bond donors (Lipinski definition) is 1. The summed E-state index contributed by atoms with van der Waals surface area (Å²) in [6.45, 7) is 8.11. The molecule has 1 amide bonds. The Kier molecular flexibility index (Phi) is 6.52. The third-order valence-corrected chi connectivity index (χ3v) is 6.15. The van der Waals surface area contributed by atoms with Gasteiger partial charge in [0.1, 0.15) is 5.75 Å². The Morgan fingerprint density at radius 3 is 2.57 bits per heavy atom. The van der Waals surface area contributed by atoms with Crippen molar-refractivity contribution in [3.05, 3.63) is 62.4 Å². The second-order valence-electron chi connectivity index (χ2n) is 6.69. The molecular formula is C22H23BrN2O2S. The topological polar surface area (TPSA) is 51.2 Å². The van der Waals surface area contributed by atoms with E-state index in [1.54, 1.807) is 0 Å². The van der Waals surface area contributed by atoms with Gasteiger partial charge in [-0.3, -0.25) is 10.1 Å². The maximum absolute atomic E-state index is 12.4. The molecule has 0 fully saturated rings. The summed E-state index contributed by atoms with van der Waals surface area (Å²) in [6.07, 6.45) is 0.858. The molecule has 0 saturated carbocycles. The van der Waals surface area contributed by atoms with Crippen molar-refractivity contribution in [3.8, 4) is 17.0 Å². The molecule has 0 aliphatic rings. The molecule has 28 heavy (non-hydrogen) atoms. The van der Waals surface area contributed by atoms with Gasteiger partial charge in [-0.15, -0.1) is 11.3 Å². The summed E-state index contributed by atoms with van der Waals surface area (Å²) in [7, 11) is 0. The largest absolute Gasteiger partial charge is 0.483 e. The first-order chi connectivity index (χ1) is 13.4. The number of ether oxygens (including phenoxy) is 1. The highest BCUT2D eigenvalue weighted by Crippen LogP contribution is 2.32. The number of nitrogens with zero attached hydrogens (tertiary/aromatic N) is 1. The van der Waals surface area contributed by atoms with Crippen molar-refractivity contribution in [2.45, 2.75) is 34.1 Å². The fourth-order valence-corrected chi connectivity index (χ4v) is 4.13. The SMILES string of the molecule is CCc1sc(NC(=O)COc2cc(C)cc(C)c2C)nc1-c1ccc(Br)cc1. The number of rotatable bonds is 6. The molecule has 146 valence electrons. The van der Waals surface area contributed by atoms with Crippen LogP contribution in [0.4, 0.5) is 5.13 Å². The van der Waals surface area contributed by atoms with Gasteiger partial charge >= 0.3 is 0 Å². The van der Waals surface area contributed by atoms with Crippen molar-refractivity contribution < 1.29 is 9.53 Å². The zero-order valence-electron chi connectivity index (χ0n) is 16.4. The van der Waals surface area contributed by atoms with Gasteiger partial charge in [0, 0.05) is 14.9 Å². The van der Waals surface area contributed by atoms with Crippen molar-refractivity contribution in [2.24, 2.45) is 0 Å². The van der Waals surface area contributed by atoms with Crippen LogP contribution >= 0.6 is 27.3 Å². The summed E-state index contributed by atoms with van der Waals surface area (Å²) in [6, 6.07) is 12.1. The van der Waals surface area contributed by atoms with Gasteiger partial charge in [-0.2, -0.15) is 0 Å². The van der Waals surface area contributed by atoms with Crippen LogP contribution in [-0.2, 0) is 11.2 Å². The zero-order valence-corrected chi connectivity index (χ0v) is 18.8. The maximum atomic E-state index is 12.4. The van der Waals surface area contributed by atoms with E-state index >= 15 is 0 Å². The van der Waals surface area contributed by atoms with E-state index in [0.29, 0.717) is 5.13 Å². The second-order valence-corrected chi connectivity index (χ2v) is 8.69. The molecule has 6 heteroatoms. The minimum absolute atomic E-state index is 0.0433. The Morgan fingerprint density at radius 2 is 1.89 bits per heavy atom. The van der Waals surface area contributed by atoms with E-state index in [0.717, 1.165) is 49.5 Å². The molecule has 4 nitrogen and oxygen atoms in total. The van der Waals surface area contributed by atoms with Crippen LogP contribution in [0.3, 0.4) is 0 Å². The van der Waals surface area contributed by atoms with Crippen molar-refractivity contribution in [1.29, 1.82) is 0 Å². The van der Waals surface area contributed by atoms with Crippen LogP contribution in [0.15, 0.2) is 40.9 Å². The standard InChI is InChI=1S/C22H23BrN2O2S/c1-5-19-21(16-6-8-17(23)9-7-16)25-22(28-19)24-20(26)12-27-18-11-13(2)10-14(3)15(18)4/h6-11H,5,12H2,1-4H3,(H,24,25,26). The summed E-state index contributed by atoms with van der Waals surface area (Å²) in [4.78, 5) is 18.2. The van der Waals surface area contributed by atoms with Crippen LogP contribution < -0.4 is 10.1 Å². The van der Waals surface area contributed by atoms with Crippen LogP contribution in [-0.4, -0.2) is 17.5 Å². The maximum Gasteiger partial charge on any atom is 0.264 e. The van der Waals surface area contributed by atoms with E-state index in [1.807, 2.05) is 51.1 Å². The Hall–Kier alpha value is -2.18. The van der Waals surface area contributed by atoms with Crippen molar-refractivity contribution >= 4 is 38.3 Å². The number of halogens is 1. The van der Waals surface area contributed by atoms with E-state index in [4.69, 9.17) is 4.74 Å². The van der Waals surface area contributed by atoms with Gasteiger partial charge in [0.15, 0.2) is 11.7 Å². The van der Waals surface area contributed by atoms with Crippen LogP contribution in [0.1, 0.15) is 28.5 Å². The number of benzene rings is 2. The van der Waals surface area contributed by atoms with Gasteiger partial charge in [0.05, 0.1) is 5.69 Å². The molecule has 1 heterocycles. The van der Waals surface area contributed by atoms with Gasteiger partial charge in [-0.05, 0) is 62.1 Å². The average molecular weight is 459 g/mol. The highest BCUT2D eigenvalue weighted by Gasteiger charge is 2.14. The molecule has 0 aliphatic carbocycles. The number of hydrogen-bond acceptors (Lipinski definition) is 4. The van der Waals surface area contributed by atoms with Gasteiger partial charge in [-0.25, -0.2) is 4.98 Å². The molecule has 1 N–H and O–H groups in total. The molecule has 0 atom stereocenters. The Labute approximate surface area is 178 Å². The predicted molar refractivity (Wildman–Crippen MR) is 119 cm³/mol. The first-order valence-corrected chi connectivity index (χ1v) is 10.7. The van der Waals surface area contributed by atoms with E-state index in [9.17, 15) is 4.79 Å². The fourth-order valence-electron chi connectivity index (χ4n) is 2.93. The summed E-state index contributed by atoms with van der Waals surface area (Å²) < 4.78 is 6.78. The molecule has 0 aliphatic heterocycles. The Morgan fingerprint density at radius 1 is 1.18 bits per heavy atom.